The monoisotopic (exact) mass is 540 g/mol. The first-order valence-corrected chi connectivity index (χ1v) is 12.6. The van der Waals surface area contributed by atoms with Crippen LogP contribution in [0.1, 0.15) is 37.5 Å². The van der Waals surface area contributed by atoms with Gasteiger partial charge in [0.05, 0.1) is 6.04 Å². The minimum atomic E-state index is -4.20. The van der Waals surface area contributed by atoms with Crippen LogP contribution in [-0.2, 0) is 29.1 Å². The second kappa shape index (κ2) is 13.2. The van der Waals surface area contributed by atoms with Gasteiger partial charge in [0.25, 0.3) is 5.91 Å². The third-order valence-corrected chi connectivity index (χ3v) is 5.68. The van der Waals surface area contributed by atoms with Gasteiger partial charge in [-0.25, -0.2) is 4.79 Å². The molecule has 0 radical (unpaired) electrons. The Hall–Kier alpha value is -3.98. The first kappa shape index (κ1) is 29.6. The SMILES string of the molecule is CC(C)(C)OC(=O)NC(Cc1ccc(OCc2ccccc2)cc1)C(O)C(F)(F)C(=O)NCc1ccccc1. The number of halogens is 2. The van der Waals surface area contributed by atoms with Crippen LogP contribution >= 0.6 is 0 Å². The maximum absolute atomic E-state index is 15.1. The van der Waals surface area contributed by atoms with Crippen LogP contribution in [0.5, 0.6) is 5.75 Å². The Balaban J connectivity index is 1.71. The molecule has 208 valence electrons. The number of hydrogen-bond acceptors (Lipinski definition) is 5. The first-order valence-electron chi connectivity index (χ1n) is 12.6. The summed E-state index contributed by atoms with van der Waals surface area (Å²) in [6.45, 7) is 5.08. The van der Waals surface area contributed by atoms with E-state index in [0.29, 0.717) is 23.5 Å². The summed E-state index contributed by atoms with van der Waals surface area (Å²) in [4.78, 5) is 24.8. The number of alkyl carbamates (subject to hydrolysis) is 1. The summed E-state index contributed by atoms with van der Waals surface area (Å²) in [5.74, 6) is -5.29. The quantitative estimate of drug-likeness (QED) is 0.318. The summed E-state index contributed by atoms with van der Waals surface area (Å²) in [6, 6.07) is 23.2. The minimum absolute atomic E-state index is 0.142. The van der Waals surface area contributed by atoms with Crippen LogP contribution < -0.4 is 15.4 Å². The molecule has 0 aliphatic carbocycles. The van der Waals surface area contributed by atoms with Crippen molar-refractivity contribution in [3.63, 3.8) is 0 Å². The van der Waals surface area contributed by atoms with Gasteiger partial charge in [-0.1, -0.05) is 72.8 Å². The van der Waals surface area contributed by atoms with Crippen molar-refractivity contribution in [2.75, 3.05) is 0 Å². The zero-order chi connectivity index (χ0) is 28.5. The standard InChI is InChI=1S/C30H34F2N2O5/c1-29(2,3)39-28(37)34-25(26(35)30(31,32)27(36)33-19-22-10-6-4-7-11-22)18-21-14-16-24(17-15-21)38-20-23-12-8-5-9-13-23/h4-17,25-26,35H,18-20H2,1-3H3,(H,33,36)(H,34,37). The van der Waals surface area contributed by atoms with E-state index in [1.54, 1.807) is 75.4 Å². The van der Waals surface area contributed by atoms with Gasteiger partial charge in [0.1, 0.15) is 24.1 Å². The molecule has 0 saturated carbocycles. The number of hydrogen-bond donors (Lipinski definition) is 3. The second-order valence-corrected chi connectivity index (χ2v) is 10.1. The molecule has 0 bridgehead atoms. The molecule has 9 heteroatoms. The zero-order valence-electron chi connectivity index (χ0n) is 22.2. The first-order chi connectivity index (χ1) is 18.4. The Morgan fingerprint density at radius 1 is 0.846 bits per heavy atom. The van der Waals surface area contributed by atoms with Gasteiger partial charge in [-0.3, -0.25) is 4.79 Å². The summed E-state index contributed by atoms with van der Waals surface area (Å²) < 4.78 is 41.2. The molecule has 3 aromatic rings. The lowest BCUT2D eigenvalue weighted by atomic mass is 9.96. The second-order valence-electron chi connectivity index (χ2n) is 10.1. The molecule has 0 aliphatic rings. The van der Waals surface area contributed by atoms with Crippen molar-refractivity contribution in [3.8, 4) is 5.75 Å². The summed E-state index contributed by atoms with van der Waals surface area (Å²) in [5.41, 5.74) is 1.24. The lowest BCUT2D eigenvalue weighted by Gasteiger charge is -2.30. The van der Waals surface area contributed by atoms with E-state index in [0.717, 1.165) is 5.56 Å². The van der Waals surface area contributed by atoms with Crippen LogP contribution in [0.3, 0.4) is 0 Å². The minimum Gasteiger partial charge on any atom is -0.489 e. The number of carbonyl (C=O) groups excluding carboxylic acids is 2. The maximum atomic E-state index is 15.1. The predicted molar refractivity (Wildman–Crippen MR) is 143 cm³/mol. The molecule has 2 amide bonds. The van der Waals surface area contributed by atoms with E-state index < -0.39 is 35.7 Å². The summed E-state index contributed by atoms with van der Waals surface area (Å²) >= 11 is 0. The maximum Gasteiger partial charge on any atom is 0.407 e. The topological polar surface area (TPSA) is 96.9 Å². The van der Waals surface area contributed by atoms with E-state index in [1.807, 2.05) is 30.3 Å². The number of aliphatic hydroxyl groups is 1. The van der Waals surface area contributed by atoms with Crippen LogP contribution in [0.4, 0.5) is 13.6 Å². The van der Waals surface area contributed by atoms with Gasteiger partial charge in [-0.2, -0.15) is 8.78 Å². The fraction of sp³-hybridized carbons (Fsp3) is 0.333. The normalized spacial score (nSPS) is 13.2. The van der Waals surface area contributed by atoms with Crippen LogP contribution in [0, 0.1) is 0 Å². The Morgan fingerprint density at radius 2 is 1.41 bits per heavy atom. The molecule has 0 aliphatic heterocycles. The predicted octanol–water partition coefficient (Wildman–Crippen LogP) is 5.01. The lowest BCUT2D eigenvalue weighted by Crippen LogP contribution is -2.58. The summed E-state index contributed by atoms with van der Waals surface area (Å²) in [7, 11) is 0. The van der Waals surface area contributed by atoms with Gasteiger partial charge in [0.2, 0.25) is 0 Å². The molecule has 3 aromatic carbocycles. The molecule has 3 rings (SSSR count). The third kappa shape index (κ3) is 9.37. The van der Waals surface area contributed by atoms with Crippen LogP contribution in [0.2, 0.25) is 0 Å². The molecule has 0 spiro atoms. The van der Waals surface area contributed by atoms with Crippen LogP contribution in [0.15, 0.2) is 84.9 Å². The molecule has 39 heavy (non-hydrogen) atoms. The molecule has 0 heterocycles. The number of carbonyl (C=O) groups is 2. The third-order valence-electron chi connectivity index (χ3n) is 5.68. The van der Waals surface area contributed by atoms with E-state index in [4.69, 9.17) is 9.47 Å². The molecule has 2 unspecified atom stereocenters. The Kier molecular flexibility index (Phi) is 10.0. The Morgan fingerprint density at radius 3 is 1.97 bits per heavy atom. The fourth-order valence-corrected chi connectivity index (χ4v) is 3.70. The molecule has 2 atom stereocenters. The number of nitrogens with one attached hydrogen (secondary N) is 2. The summed E-state index contributed by atoms with van der Waals surface area (Å²) in [5, 5.41) is 15.1. The average Bonchev–Trinajstić information content (AvgIpc) is 2.90. The molecule has 0 fully saturated rings. The van der Waals surface area contributed by atoms with E-state index in [2.05, 4.69) is 10.6 Å². The van der Waals surface area contributed by atoms with Crippen molar-refractivity contribution in [2.24, 2.45) is 0 Å². The van der Waals surface area contributed by atoms with Gasteiger partial charge in [-0.15, -0.1) is 0 Å². The van der Waals surface area contributed by atoms with Crippen LogP contribution in [-0.4, -0.2) is 40.8 Å². The van der Waals surface area contributed by atoms with Crippen molar-refractivity contribution in [2.45, 2.75) is 64.0 Å². The van der Waals surface area contributed by atoms with Gasteiger partial charge in [-0.05, 0) is 56.0 Å². The highest BCUT2D eigenvalue weighted by atomic mass is 19.3. The summed E-state index contributed by atoms with van der Waals surface area (Å²) in [6.07, 6.45) is -3.72. The molecule has 7 nitrogen and oxygen atoms in total. The molecular weight excluding hydrogens is 506 g/mol. The molecule has 0 saturated heterocycles. The number of alkyl halides is 2. The number of aliphatic hydroxyl groups excluding tert-OH is 1. The van der Waals surface area contributed by atoms with Crippen LogP contribution in [0.25, 0.3) is 0 Å². The smallest absolute Gasteiger partial charge is 0.407 e. The van der Waals surface area contributed by atoms with E-state index in [1.165, 1.54) is 0 Å². The van der Waals surface area contributed by atoms with Gasteiger partial charge in [0.15, 0.2) is 0 Å². The Bertz CT molecular complexity index is 1200. The highest BCUT2D eigenvalue weighted by Crippen LogP contribution is 2.25. The van der Waals surface area contributed by atoms with E-state index in [9.17, 15) is 14.7 Å². The number of amides is 2. The van der Waals surface area contributed by atoms with Crippen molar-refractivity contribution in [1.29, 1.82) is 0 Å². The van der Waals surface area contributed by atoms with E-state index >= 15 is 8.78 Å². The Labute approximate surface area is 227 Å². The van der Waals surface area contributed by atoms with Crippen molar-refractivity contribution in [3.05, 3.63) is 102 Å². The molecular formula is C30H34F2N2O5. The van der Waals surface area contributed by atoms with Crippen molar-refractivity contribution < 1.29 is 33.0 Å². The van der Waals surface area contributed by atoms with Gasteiger partial charge >= 0.3 is 12.0 Å². The number of rotatable bonds is 11. The fourth-order valence-electron chi connectivity index (χ4n) is 3.70. The van der Waals surface area contributed by atoms with Gasteiger partial charge in [0, 0.05) is 6.54 Å². The largest absolute Gasteiger partial charge is 0.489 e. The van der Waals surface area contributed by atoms with Crippen molar-refractivity contribution >= 4 is 12.0 Å². The highest BCUT2D eigenvalue weighted by molar-refractivity contribution is 5.84. The van der Waals surface area contributed by atoms with Gasteiger partial charge < -0.3 is 25.2 Å². The number of benzene rings is 3. The zero-order valence-corrected chi connectivity index (χ0v) is 22.2. The number of ether oxygens (including phenoxy) is 2. The highest BCUT2D eigenvalue weighted by Gasteiger charge is 2.50. The molecule has 0 aromatic heterocycles. The van der Waals surface area contributed by atoms with E-state index in [-0.39, 0.29) is 13.0 Å². The molecule has 3 N–H and O–H groups in total. The lowest BCUT2D eigenvalue weighted by molar-refractivity contribution is -0.167. The van der Waals surface area contributed by atoms with Crippen molar-refractivity contribution in [1.82, 2.24) is 10.6 Å². The average molecular weight is 541 g/mol.